The Hall–Kier alpha value is -1.87. The van der Waals surface area contributed by atoms with E-state index in [2.05, 4.69) is 43.1 Å². The van der Waals surface area contributed by atoms with Crippen molar-refractivity contribution in [2.24, 2.45) is 0 Å². The van der Waals surface area contributed by atoms with Crippen LogP contribution in [0.5, 0.6) is 5.75 Å². The number of rotatable bonds is 17. The summed E-state index contributed by atoms with van der Waals surface area (Å²) in [6, 6.07) is 12.9. The topological polar surface area (TPSA) is 31.4 Å². The molecule has 1 aromatic carbocycles. The summed E-state index contributed by atoms with van der Waals surface area (Å²) in [5, 5.41) is 0. The molecule has 0 aliphatic rings. The molecule has 0 amide bonds. The summed E-state index contributed by atoms with van der Waals surface area (Å²) in [7, 11) is 0. The Morgan fingerprint density at radius 2 is 1.33 bits per heavy atom. The molecule has 0 bridgehead atoms. The molecule has 3 nitrogen and oxygen atoms in total. The van der Waals surface area contributed by atoms with Crippen molar-refractivity contribution in [1.29, 1.82) is 0 Å². The van der Waals surface area contributed by atoms with Gasteiger partial charge in [-0.05, 0) is 49.8 Å². The second-order valence-electron chi connectivity index (χ2n) is 8.12. The average Bonchev–Trinajstić information content (AvgIpc) is 2.79. The minimum atomic E-state index is 0.715. The number of ether oxygens (including phenoxy) is 2. The monoisotopic (exact) mass is 411 g/mol. The number of hydrogen-bond acceptors (Lipinski definition) is 3. The van der Waals surface area contributed by atoms with Crippen LogP contribution in [0.3, 0.4) is 0 Å². The molecule has 3 heteroatoms. The molecule has 0 spiro atoms. The van der Waals surface area contributed by atoms with E-state index in [1.54, 1.807) is 0 Å². The summed E-state index contributed by atoms with van der Waals surface area (Å²) < 4.78 is 11.5. The zero-order valence-corrected chi connectivity index (χ0v) is 19.2. The average molecular weight is 412 g/mol. The van der Waals surface area contributed by atoms with E-state index < -0.39 is 0 Å². The van der Waals surface area contributed by atoms with Crippen molar-refractivity contribution in [2.75, 3.05) is 19.8 Å². The highest BCUT2D eigenvalue weighted by atomic mass is 16.5. The van der Waals surface area contributed by atoms with Gasteiger partial charge in [-0.15, -0.1) is 0 Å². The van der Waals surface area contributed by atoms with Gasteiger partial charge in [0.15, 0.2) is 0 Å². The van der Waals surface area contributed by atoms with Crippen LogP contribution in [0, 0.1) is 0 Å². The fraction of sp³-hybridized carbons (Fsp3) is 0.593. The van der Waals surface area contributed by atoms with Gasteiger partial charge < -0.3 is 9.47 Å². The molecule has 2 rings (SSSR count). The molecule has 30 heavy (non-hydrogen) atoms. The highest BCUT2D eigenvalue weighted by molar-refractivity contribution is 5.59. The van der Waals surface area contributed by atoms with Gasteiger partial charge in [0.1, 0.15) is 5.75 Å². The third-order valence-corrected chi connectivity index (χ3v) is 5.40. The normalized spacial score (nSPS) is 11.0. The molecule has 0 radical (unpaired) electrons. The Morgan fingerprint density at radius 3 is 2.00 bits per heavy atom. The molecular weight excluding hydrogens is 370 g/mol. The number of benzene rings is 1. The molecular formula is C27H41NO2. The third kappa shape index (κ3) is 10.2. The summed E-state index contributed by atoms with van der Waals surface area (Å²) >= 11 is 0. The first-order chi connectivity index (χ1) is 14.8. The maximum absolute atomic E-state index is 5.82. The van der Waals surface area contributed by atoms with Gasteiger partial charge in [0.25, 0.3) is 0 Å². The first-order valence-corrected chi connectivity index (χ1v) is 12.1. The van der Waals surface area contributed by atoms with E-state index in [0.717, 1.165) is 43.1 Å². The molecule has 0 unspecified atom stereocenters. The molecule has 0 saturated heterocycles. The fourth-order valence-corrected chi connectivity index (χ4v) is 3.46. The summed E-state index contributed by atoms with van der Waals surface area (Å²) in [6.07, 6.45) is 15.4. The lowest BCUT2D eigenvalue weighted by molar-refractivity contribution is 0.122. The minimum Gasteiger partial charge on any atom is -0.492 e. The van der Waals surface area contributed by atoms with Gasteiger partial charge in [-0.2, -0.15) is 0 Å². The largest absolute Gasteiger partial charge is 0.492 e. The van der Waals surface area contributed by atoms with E-state index in [9.17, 15) is 0 Å². The molecule has 0 aliphatic carbocycles. The lowest BCUT2D eigenvalue weighted by Gasteiger charge is -2.08. The smallest absolute Gasteiger partial charge is 0.137 e. The maximum atomic E-state index is 5.82. The van der Waals surface area contributed by atoms with Gasteiger partial charge in [-0.3, -0.25) is 4.98 Å². The molecule has 1 heterocycles. The predicted octanol–water partition coefficient (Wildman–Crippen LogP) is 7.63. The third-order valence-electron chi connectivity index (χ3n) is 5.40. The van der Waals surface area contributed by atoms with E-state index in [0.29, 0.717) is 6.61 Å². The maximum Gasteiger partial charge on any atom is 0.137 e. The van der Waals surface area contributed by atoms with Gasteiger partial charge >= 0.3 is 0 Å². The molecule has 1 aromatic heterocycles. The van der Waals surface area contributed by atoms with Crippen LogP contribution >= 0.6 is 0 Å². The zero-order chi connectivity index (χ0) is 21.3. The molecule has 2 aromatic rings. The van der Waals surface area contributed by atoms with Crippen molar-refractivity contribution in [3.8, 4) is 17.0 Å². The van der Waals surface area contributed by atoms with Crippen LogP contribution in [-0.2, 0) is 11.2 Å². The highest BCUT2D eigenvalue weighted by Crippen LogP contribution is 2.21. The van der Waals surface area contributed by atoms with Gasteiger partial charge in [0.05, 0.1) is 18.5 Å². The van der Waals surface area contributed by atoms with Gasteiger partial charge in [-0.25, -0.2) is 0 Å². The summed E-state index contributed by atoms with van der Waals surface area (Å²) in [6.45, 7) is 6.93. The van der Waals surface area contributed by atoms with Crippen molar-refractivity contribution in [3.05, 3.63) is 48.2 Å². The minimum absolute atomic E-state index is 0.715. The molecule has 0 atom stereocenters. The lowest BCUT2D eigenvalue weighted by atomic mass is 10.0. The van der Waals surface area contributed by atoms with E-state index >= 15 is 0 Å². The van der Waals surface area contributed by atoms with Crippen LogP contribution in [0.1, 0.15) is 83.6 Å². The standard InChI is InChI=1S/C27H41NO2/c1-3-5-7-9-13-24-14-16-25(17-15-24)27-19-18-26(23-28-27)30-22-12-11-21-29-20-10-8-6-4-2/h14-19,23H,3-13,20-22H2,1-2H3. The molecule has 0 saturated carbocycles. The Morgan fingerprint density at radius 1 is 0.667 bits per heavy atom. The van der Waals surface area contributed by atoms with Crippen molar-refractivity contribution < 1.29 is 9.47 Å². The predicted molar refractivity (Wildman–Crippen MR) is 127 cm³/mol. The summed E-state index contributed by atoms with van der Waals surface area (Å²) in [5.41, 5.74) is 3.58. The van der Waals surface area contributed by atoms with Crippen molar-refractivity contribution in [1.82, 2.24) is 4.98 Å². The second-order valence-corrected chi connectivity index (χ2v) is 8.12. The van der Waals surface area contributed by atoms with Gasteiger partial charge in [-0.1, -0.05) is 76.6 Å². The molecule has 0 N–H and O–H groups in total. The van der Waals surface area contributed by atoms with Crippen LogP contribution in [0.25, 0.3) is 11.3 Å². The van der Waals surface area contributed by atoms with E-state index in [4.69, 9.17) is 9.47 Å². The van der Waals surface area contributed by atoms with Crippen LogP contribution < -0.4 is 4.74 Å². The van der Waals surface area contributed by atoms with E-state index in [1.807, 2.05) is 18.3 Å². The summed E-state index contributed by atoms with van der Waals surface area (Å²) in [4.78, 5) is 4.58. The number of unbranched alkanes of at least 4 members (excludes halogenated alkanes) is 7. The Bertz CT molecular complexity index is 652. The Balaban J connectivity index is 1.61. The second kappa shape index (κ2) is 15.9. The fourth-order valence-electron chi connectivity index (χ4n) is 3.46. The number of nitrogens with zero attached hydrogens (tertiary/aromatic N) is 1. The molecule has 0 fully saturated rings. The Kier molecular flexibility index (Phi) is 12.9. The Labute approximate surface area is 184 Å². The van der Waals surface area contributed by atoms with Gasteiger partial charge in [0.2, 0.25) is 0 Å². The van der Waals surface area contributed by atoms with Gasteiger partial charge in [0, 0.05) is 18.8 Å². The number of aromatic nitrogens is 1. The van der Waals surface area contributed by atoms with Crippen molar-refractivity contribution in [3.63, 3.8) is 0 Å². The zero-order valence-electron chi connectivity index (χ0n) is 19.2. The highest BCUT2D eigenvalue weighted by Gasteiger charge is 2.02. The first kappa shape index (κ1) is 24.4. The quantitative estimate of drug-likeness (QED) is 0.251. The van der Waals surface area contributed by atoms with Crippen LogP contribution in [0.4, 0.5) is 0 Å². The molecule has 166 valence electrons. The number of hydrogen-bond donors (Lipinski definition) is 0. The van der Waals surface area contributed by atoms with Crippen LogP contribution in [0.2, 0.25) is 0 Å². The van der Waals surface area contributed by atoms with Crippen molar-refractivity contribution >= 4 is 0 Å². The van der Waals surface area contributed by atoms with Crippen LogP contribution in [0.15, 0.2) is 42.6 Å². The first-order valence-electron chi connectivity index (χ1n) is 12.1. The molecule has 0 aliphatic heterocycles. The summed E-state index contributed by atoms with van der Waals surface area (Å²) in [5.74, 6) is 0.840. The SMILES string of the molecule is CCCCCCOCCCCOc1ccc(-c2ccc(CCCCCC)cc2)nc1. The lowest BCUT2D eigenvalue weighted by Crippen LogP contribution is -2.02. The number of pyridine rings is 1. The number of aryl methyl sites for hydroxylation is 1. The van der Waals surface area contributed by atoms with E-state index in [-0.39, 0.29) is 0 Å². The van der Waals surface area contributed by atoms with E-state index in [1.165, 1.54) is 63.4 Å². The van der Waals surface area contributed by atoms with Crippen molar-refractivity contribution in [2.45, 2.75) is 84.5 Å². The van der Waals surface area contributed by atoms with Crippen LogP contribution in [-0.4, -0.2) is 24.8 Å².